The zero-order chi connectivity index (χ0) is 17.6. The van der Waals surface area contributed by atoms with E-state index >= 15 is 0 Å². The first-order valence-electron chi connectivity index (χ1n) is 7.24. The molecule has 0 aliphatic rings. The van der Waals surface area contributed by atoms with Crippen LogP contribution in [-0.2, 0) is 0 Å². The third-order valence-corrected chi connectivity index (χ3v) is 5.92. The summed E-state index contributed by atoms with van der Waals surface area (Å²) in [6.45, 7) is 0. The highest BCUT2D eigenvalue weighted by molar-refractivity contribution is 7.20. The van der Waals surface area contributed by atoms with Gasteiger partial charge in [0.25, 0.3) is 5.56 Å². The minimum absolute atomic E-state index is 0.210. The van der Waals surface area contributed by atoms with Crippen molar-refractivity contribution in [2.45, 2.75) is 0 Å². The third kappa shape index (κ3) is 2.48. The first kappa shape index (κ1) is 15.4. The molecule has 0 aliphatic heterocycles. The van der Waals surface area contributed by atoms with Crippen molar-refractivity contribution in [3.63, 3.8) is 0 Å². The van der Waals surface area contributed by atoms with E-state index in [0.717, 1.165) is 20.9 Å². The van der Waals surface area contributed by atoms with E-state index in [9.17, 15) is 15.0 Å². The van der Waals surface area contributed by atoms with Crippen molar-refractivity contribution in [3.8, 4) is 38.4 Å². The number of hydrogen-bond donors (Lipinski definition) is 3. The van der Waals surface area contributed by atoms with E-state index in [-0.39, 0.29) is 17.1 Å². The second kappa shape index (κ2) is 5.77. The van der Waals surface area contributed by atoms with Gasteiger partial charge in [0.2, 0.25) is 0 Å². The molecule has 0 aliphatic carbocycles. The molecule has 4 aromatic rings. The molecule has 0 unspecified atom stereocenters. The lowest BCUT2D eigenvalue weighted by atomic mass is 10.1. The largest absolute Gasteiger partial charge is 0.508 e. The summed E-state index contributed by atoms with van der Waals surface area (Å²) in [7, 11) is 0. The van der Waals surface area contributed by atoms with E-state index < -0.39 is 5.56 Å². The fraction of sp³-hybridized carbons (Fsp3) is 0. The molecule has 0 atom stereocenters. The predicted octanol–water partition coefficient (Wildman–Crippen LogP) is 4.27. The van der Waals surface area contributed by atoms with Gasteiger partial charge in [-0.25, -0.2) is 0 Å². The van der Waals surface area contributed by atoms with Crippen molar-refractivity contribution in [3.05, 3.63) is 57.7 Å². The number of thiophene rings is 2. The molecule has 0 saturated heterocycles. The molecule has 25 heavy (non-hydrogen) atoms. The lowest BCUT2D eigenvalue weighted by Gasteiger charge is -2.01. The molecule has 1 aromatic carbocycles. The van der Waals surface area contributed by atoms with Crippen LogP contribution < -0.4 is 5.56 Å². The number of fused-ring (bicyclic) bond motifs is 1. The average Bonchev–Trinajstić information content (AvgIpc) is 3.22. The number of benzene rings is 1. The Morgan fingerprint density at radius 3 is 2.48 bits per heavy atom. The Hall–Kier alpha value is -3.08. The first-order chi connectivity index (χ1) is 12.1. The second-order valence-electron chi connectivity index (χ2n) is 5.35. The van der Waals surface area contributed by atoms with E-state index in [0.29, 0.717) is 10.2 Å². The van der Waals surface area contributed by atoms with E-state index in [1.54, 1.807) is 18.2 Å². The van der Waals surface area contributed by atoms with Gasteiger partial charge in [-0.1, -0.05) is 0 Å². The number of nitrogens with one attached hydrogen (secondary N) is 1. The Labute approximate surface area is 149 Å². The number of hydrogen-bond acceptors (Lipinski definition) is 6. The minimum atomic E-state index is -0.586. The summed E-state index contributed by atoms with van der Waals surface area (Å²) in [5, 5.41) is 31.2. The van der Waals surface area contributed by atoms with Crippen LogP contribution in [0.5, 0.6) is 11.5 Å². The topological polar surface area (TPSA) is 97.1 Å². The van der Waals surface area contributed by atoms with Crippen LogP contribution in [0.2, 0.25) is 0 Å². The number of pyridine rings is 1. The zero-order valence-corrected chi connectivity index (χ0v) is 14.2. The monoisotopic (exact) mass is 366 g/mol. The van der Waals surface area contributed by atoms with E-state index in [4.69, 9.17) is 5.26 Å². The van der Waals surface area contributed by atoms with Crippen molar-refractivity contribution in [1.82, 2.24) is 4.98 Å². The molecule has 0 saturated carbocycles. The predicted molar refractivity (Wildman–Crippen MR) is 99.2 cm³/mol. The van der Waals surface area contributed by atoms with Gasteiger partial charge in [-0.3, -0.25) is 4.79 Å². The van der Waals surface area contributed by atoms with Crippen LogP contribution in [0.15, 0.2) is 46.6 Å². The molecule has 3 N–H and O–H groups in total. The summed E-state index contributed by atoms with van der Waals surface area (Å²) in [6, 6.07) is 12.6. The quantitative estimate of drug-likeness (QED) is 0.493. The number of nitriles is 1. The molecule has 0 radical (unpaired) electrons. The standard InChI is InChI=1S/C18H10N2O3S2/c19-7-11-16(22)15-12(8-24-18(15)20-17(11)23)14-6-5-13(25-14)9-1-3-10(21)4-2-9/h1-6,8,21H,(H2,20,22,23). The highest BCUT2D eigenvalue weighted by Gasteiger charge is 2.18. The summed E-state index contributed by atoms with van der Waals surface area (Å²) in [4.78, 5) is 16.9. The third-order valence-electron chi connectivity index (χ3n) is 3.85. The SMILES string of the molecule is N#Cc1c(O)c2c(-c3ccc(-c4ccc(O)cc4)s3)csc2[nH]c1=O. The van der Waals surface area contributed by atoms with Gasteiger partial charge in [0.1, 0.15) is 22.4 Å². The number of aromatic nitrogens is 1. The molecular weight excluding hydrogens is 356 g/mol. The number of nitrogens with zero attached hydrogens (tertiary/aromatic N) is 1. The molecular formula is C18H10N2O3S2. The molecule has 0 spiro atoms. The Kier molecular flexibility index (Phi) is 3.57. The normalized spacial score (nSPS) is 10.8. The Bertz CT molecular complexity index is 1190. The van der Waals surface area contributed by atoms with Crippen LogP contribution >= 0.6 is 22.7 Å². The molecule has 4 rings (SSSR count). The van der Waals surface area contributed by atoms with Crippen LogP contribution in [0.1, 0.15) is 5.56 Å². The number of H-pyrrole nitrogens is 1. The van der Waals surface area contributed by atoms with E-state index in [2.05, 4.69) is 4.98 Å². The number of aromatic amines is 1. The van der Waals surface area contributed by atoms with Gasteiger partial charge >= 0.3 is 0 Å². The maximum Gasteiger partial charge on any atom is 0.270 e. The molecule has 5 nitrogen and oxygen atoms in total. The highest BCUT2D eigenvalue weighted by atomic mass is 32.1. The summed E-state index contributed by atoms with van der Waals surface area (Å²) in [5.41, 5.74) is 0.892. The number of aromatic hydroxyl groups is 2. The zero-order valence-electron chi connectivity index (χ0n) is 12.6. The van der Waals surface area contributed by atoms with Crippen LogP contribution in [0.4, 0.5) is 0 Å². The molecule has 122 valence electrons. The fourth-order valence-electron chi connectivity index (χ4n) is 2.63. The van der Waals surface area contributed by atoms with Crippen molar-refractivity contribution < 1.29 is 10.2 Å². The van der Waals surface area contributed by atoms with Crippen molar-refractivity contribution in [1.29, 1.82) is 5.26 Å². The number of rotatable bonds is 2. The maximum atomic E-state index is 11.8. The van der Waals surface area contributed by atoms with Gasteiger partial charge < -0.3 is 15.2 Å². The molecule has 3 heterocycles. The van der Waals surface area contributed by atoms with Crippen LogP contribution in [0, 0.1) is 11.3 Å². The van der Waals surface area contributed by atoms with Crippen LogP contribution in [0.25, 0.3) is 31.1 Å². The molecule has 0 amide bonds. The van der Waals surface area contributed by atoms with E-state index in [1.807, 2.05) is 29.6 Å². The maximum absolute atomic E-state index is 11.8. The van der Waals surface area contributed by atoms with Gasteiger partial charge in [-0.15, -0.1) is 22.7 Å². The van der Waals surface area contributed by atoms with Gasteiger partial charge in [-0.05, 0) is 42.0 Å². The van der Waals surface area contributed by atoms with Gasteiger partial charge in [-0.2, -0.15) is 5.26 Å². The molecule has 0 fully saturated rings. The molecule has 7 heteroatoms. The lowest BCUT2D eigenvalue weighted by Crippen LogP contribution is -2.09. The van der Waals surface area contributed by atoms with E-state index in [1.165, 1.54) is 22.7 Å². The highest BCUT2D eigenvalue weighted by Crippen LogP contribution is 2.43. The van der Waals surface area contributed by atoms with Gasteiger partial charge in [0.05, 0.1) is 5.39 Å². The van der Waals surface area contributed by atoms with Crippen LogP contribution in [-0.4, -0.2) is 15.2 Å². The first-order valence-corrected chi connectivity index (χ1v) is 8.94. The summed E-state index contributed by atoms with van der Waals surface area (Å²) < 4.78 is 0. The van der Waals surface area contributed by atoms with Gasteiger partial charge in [0, 0.05) is 20.7 Å². The number of phenols is 1. The fourth-order valence-corrected chi connectivity index (χ4v) is 4.70. The Morgan fingerprint density at radius 2 is 1.76 bits per heavy atom. The average molecular weight is 366 g/mol. The summed E-state index contributed by atoms with van der Waals surface area (Å²) in [6.07, 6.45) is 0. The number of phenolic OH excluding ortho intramolecular Hbond substituents is 1. The smallest absolute Gasteiger partial charge is 0.270 e. The van der Waals surface area contributed by atoms with Gasteiger partial charge in [0.15, 0.2) is 5.56 Å². The second-order valence-corrected chi connectivity index (χ2v) is 7.32. The van der Waals surface area contributed by atoms with Crippen LogP contribution in [0.3, 0.4) is 0 Å². The lowest BCUT2D eigenvalue weighted by molar-refractivity contribution is 0.475. The Morgan fingerprint density at radius 1 is 1.04 bits per heavy atom. The van der Waals surface area contributed by atoms with Crippen molar-refractivity contribution >= 4 is 32.9 Å². The van der Waals surface area contributed by atoms with Crippen molar-refractivity contribution in [2.24, 2.45) is 0 Å². The molecule has 0 bridgehead atoms. The van der Waals surface area contributed by atoms with Crippen molar-refractivity contribution in [2.75, 3.05) is 0 Å². The summed E-state index contributed by atoms with van der Waals surface area (Å²) >= 11 is 2.84. The summed E-state index contributed by atoms with van der Waals surface area (Å²) in [5.74, 6) is -0.0700. The minimum Gasteiger partial charge on any atom is -0.508 e. The molecule has 3 aromatic heterocycles. The Balaban J connectivity index is 1.88.